The number of fused-ring (bicyclic) bond motifs is 4. The summed E-state index contributed by atoms with van der Waals surface area (Å²) >= 11 is 0. The number of aliphatic hydroxyl groups excluding tert-OH is 3. The van der Waals surface area contributed by atoms with Crippen LogP contribution in [0.25, 0.3) is 17.2 Å². The van der Waals surface area contributed by atoms with E-state index < -0.39 is 45.8 Å². The number of carbonyl (C=O) groups is 1. The zero-order valence-electron chi connectivity index (χ0n) is 57.2. The Bertz CT molecular complexity index is 3900. The summed E-state index contributed by atoms with van der Waals surface area (Å²) in [5.74, 6) is 1.72. The van der Waals surface area contributed by atoms with Gasteiger partial charge >= 0.3 is 5.97 Å². The summed E-state index contributed by atoms with van der Waals surface area (Å²) in [6.45, 7) is 11.5. The maximum atomic E-state index is 15.4. The molecule has 3 aromatic rings. The molecule has 12 aliphatic carbocycles. The van der Waals surface area contributed by atoms with Gasteiger partial charge in [-0.05, 0) is 254 Å². The second-order valence-corrected chi connectivity index (χ2v) is 34.9. The second-order valence-electron chi connectivity index (χ2n) is 34.9. The summed E-state index contributed by atoms with van der Waals surface area (Å²) in [6, 6.07) is 30.1. The largest absolute Gasteiger partial charge is 0.516 e. The fourth-order valence-electron chi connectivity index (χ4n) is 27.6. The topological polar surface area (TPSA) is 122 Å². The van der Waals surface area contributed by atoms with Crippen molar-refractivity contribution in [3.05, 3.63) is 182 Å². The van der Waals surface area contributed by atoms with Gasteiger partial charge in [0.25, 0.3) is 0 Å². The van der Waals surface area contributed by atoms with Crippen LogP contribution in [0.15, 0.2) is 155 Å². The van der Waals surface area contributed by atoms with Crippen LogP contribution in [0.5, 0.6) is 0 Å². The fraction of sp³-hybridized carbons (Fsp3) is 0.598. The first-order chi connectivity index (χ1) is 45.6. The van der Waals surface area contributed by atoms with Crippen molar-refractivity contribution >= 4 is 23.2 Å². The Morgan fingerprint density at radius 3 is 2.38 bits per heavy atom. The first-order valence-electron chi connectivity index (χ1n) is 38.2. The molecule has 21 rings (SSSR count). The van der Waals surface area contributed by atoms with Gasteiger partial charge < -0.3 is 31.1 Å². The zero-order valence-corrected chi connectivity index (χ0v) is 57.2. The number of carboxylic acid groups (broad SMARTS) is 1. The lowest BCUT2D eigenvalue weighted by molar-refractivity contribution is -0.171. The van der Waals surface area contributed by atoms with Crippen LogP contribution in [-0.4, -0.2) is 51.7 Å². The summed E-state index contributed by atoms with van der Waals surface area (Å²) in [6.07, 6.45) is 45.4. The molecule has 0 amide bonds. The van der Waals surface area contributed by atoms with Crippen LogP contribution >= 0.6 is 0 Å². The third-order valence-corrected chi connectivity index (χ3v) is 31.0. The van der Waals surface area contributed by atoms with Gasteiger partial charge in [-0.25, -0.2) is 0 Å². The molecule has 6 aliphatic heterocycles. The number of benzene rings is 3. The molecule has 6 saturated carbocycles. The Hall–Kier alpha value is -5.63. The van der Waals surface area contributed by atoms with E-state index >= 15 is 4.79 Å². The standard InChI is InChI=1S/C87H108N2O5/c1-55(2)43-64-31-37-80(3)75(91)34-40-85-70-32-38-81(4)86-41-33-69-73(50-82(35-13-14-36-82)84(69)39-30-58(48-84)44-56-17-7-5-8-18-56)87(81,52-76(86)92)74(70)51-83(64,79(80)85)49-68-67(66-24-12-11-22-61(66)47-72(68)85)46-57-19-15-23-60(45-57)62-27-29-77(89-53-62)88-42-16-25-65(59-20-9-6-10-21-59)63(54-90)26-28-71(86)78(93)94/h5,7-8,11-12,15,17-19,22-24,27,29,31,33,41,45,47,49,54-55,58-59,65,69,71-73,75-76,79,88-92H,6,9-10,13-14,16,20-21,25-26,28,30,32,34-40,42-44,46,48,50-53H2,1-4H3,(H,93,94)/b63-54+/t58-,65+,69-,71+,72-,73-,75+,76-,79-,80-,81-,83-,84+,85-,86+,87-/m1/s1. The lowest BCUT2D eigenvalue weighted by Crippen LogP contribution is -2.69. The minimum atomic E-state index is -1.06. The van der Waals surface area contributed by atoms with Gasteiger partial charge in [0.2, 0.25) is 0 Å². The van der Waals surface area contributed by atoms with E-state index in [-0.39, 0.29) is 51.2 Å². The summed E-state index contributed by atoms with van der Waals surface area (Å²) < 4.78 is 0. The molecule has 6 N–H and O–H groups in total. The predicted molar refractivity (Wildman–Crippen MR) is 378 cm³/mol. The lowest BCUT2D eigenvalue weighted by Gasteiger charge is -2.74. The highest BCUT2D eigenvalue weighted by atomic mass is 16.4. The Balaban J connectivity index is 0.921. The highest BCUT2D eigenvalue weighted by molar-refractivity contribution is 5.78. The van der Waals surface area contributed by atoms with E-state index in [1.54, 1.807) is 16.7 Å². The lowest BCUT2D eigenvalue weighted by atomic mass is 9.29. The molecule has 3 aromatic carbocycles. The van der Waals surface area contributed by atoms with E-state index in [2.05, 4.69) is 160 Å². The van der Waals surface area contributed by atoms with Crippen molar-refractivity contribution in [3.8, 4) is 0 Å². The van der Waals surface area contributed by atoms with E-state index in [1.165, 1.54) is 114 Å². The van der Waals surface area contributed by atoms with Crippen molar-refractivity contribution in [1.29, 1.82) is 0 Å². The van der Waals surface area contributed by atoms with Crippen LogP contribution in [0.4, 0.5) is 0 Å². The molecule has 4 spiro atoms. The number of nitrogens with one attached hydrogen (secondary N) is 2. The van der Waals surface area contributed by atoms with Crippen LogP contribution in [0, 0.1) is 96.6 Å². The smallest absolute Gasteiger partial charge is 0.307 e. The van der Waals surface area contributed by atoms with Crippen LogP contribution < -0.4 is 21.1 Å². The van der Waals surface area contributed by atoms with Gasteiger partial charge in [-0.1, -0.05) is 192 Å². The molecule has 496 valence electrons. The minimum Gasteiger partial charge on any atom is -0.516 e. The number of aliphatic carboxylic acids is 1. The third kappa shape index (κ3) is 8.61. The molecule has 18 aliphatic rings. The Morgan fingerprint density at radius 1 is 0.777 bits per heavy atom. The molecule has 16 atom stereocenters. The van der Waals surface area contributed by atoms with E-state index in [4.69, 9.17) is 0 Å². The van der Waals surface area contributed by atoms with Crippen molar-refractivity contribution in [3.63, 3.8) is 0 Å². The number of aliphatic hydroxyl groups is 3. The third-order valence-electron chi connectivity index (χ3n) is 31.0. The van der Waals surface area contributed by atoms with Crippen molar-refractivity contribution in [2.75, 3.05) is 13.1 Å². The highest BCUT2D eigenvalue weighted by Crippen LogP contribution is 2.88. The number of allylic oxidation sites excluding steroid dienone is 10. The first kappa shape index (κ1) is 61.9. The van der Waals surface area contributed by atoms with E-state index in [0.29, 0.717) is 37.0 Å². The van der Waals surface area contributed by atoms with Crippen LogP contribution in [0.2, 0.25) is 0 Å². The average Bonchev–Trinajstić information content (AvgIpc) is 1.28. The summed E-state index contributed by atoms with van der Waals surface area (Å²) in [5, 5.41) is 62.2. The number of dihydropyridines is 1. The van der Waals surface area contributed by atoms with Crippen molar-refractivity contribution in [2.24, 2.45) is 96.6 Å². The summed E-state index contributed by atoms with van der Waals surface area (Å²) in [7, 11) is 0. The quantitative estimate of drug-likeness (QED) is 0.107. The fourth-order valence-corrected chi connectivity index (χ4v) is 27.6. The zero-order chi connectivity index (χ0) is 64.2. The normalized spacial score (nSPS) is 41.3. The first-order valence-corrected chi connectivity index (χ1v) is 38.2. The minimum absolute atomic E-state index is 0.0721. The van der Waals surface area contributed by atoms with Crippen molar-refractivity contribution in [1.82, 2.24) is 10.6 Å². The van der Waals surface area contributed by atoms with Crippen LogP contribution in [0.3, 0.4) is 0 Å². The number of carboxylic acids is 1. The molecule has 7 heteroatoms. The molecular formula is C87H108N2O5. The molecule has 6 heterocycles. The molecule has 0 unspecified atom stereocenters. The van der Waals surface area contributed by atoms with Gasteiger partial charge in [-0.3, -0.25) is 4.79 Å². The SMILES string of the molecule is CC(C)CC1=CC[C@]2(C)[C@@H](O)CC[C@@]34C5=C6C[C@@]1(C=C1C(=c7ccccc7=C[C@H]13)Cc1cccc(c1)C1=CC=C(NCCC[C@@H](C3CCCCC3)/C(=C/O)CC[C@@H](C(=O)O)[C@@]37C=C[C@@H]8[C@@H](CC9(CCCC9)[C@]89CC[C@H](Cc8ccccc8)C9)[C@@]6(C[C@H]3O)[C@]7(C)CC5)NC1)[C@@H]24. The summed E-state index contributed by atoms with van der Waals surface area (Å²) in [4.78, 5) is 15.4. The van der Waals surface area contributed by atoms with E-state index in [0.717, 1.165) is 114 Å². The van der Waals surface area contributed by atoms with Gasteiger partial charge in [-0.2, -0.15) is 0 Å². The highest BCUT2D eigenvalue weighted by Gasteiger charge is 2.83. The molecule has 14 bridgehead atoms. The predicted octanol–water partition coefficient (Wildman–Crippen LogP) is 16.9. The summed E-state index contributed by atoms with van der Waals surface area (Å²) in [5.41, 5.74) is 11.2. The molecular weight excluding hydrogens is 1150 g/mol. The molecule has 6 fully saturated rings. The van der Waals surface area contributed by atoms with Gasteiger partial charge in [0.1, 0.15) is 0 Å². The van der Waals surface area contributed by atoms with Crippen LogP contribution in [-0.2, 0) is 17.6 Å². The van der Waals surface area contributed by atoms with E-state index in [1.807, 2.05) is 0 Å². The Labute approximate surface area is 561 Å². The number of hydrogen-bond acceptors (Lipinski definition) is 6. The van der Waals surface area contributed by atoms with Crippen molar-refractivity contribution < 1.29 is 25.2 Å². The van der Waals surface area contributed by atoms with E-state index in [9.17, 15) is 20.4 Å². The Kier molecular flexibility index (Phi) is 15.0. The van der Waals surface area contributed by atoms with Gasteiger partial charge in [0.15, 0.2) is 0 Å². The average molecular weight is 1260 g/mol. The Morgan fingerprint density at radius 2 is 1.60 bits per heavy atom. The van der Waals surface area contributed by atoms with Crippen LogP contribution in [0.1, 0.15) is 205 Å². The van der Waals surface area contributed by atoms with Gasteiger partial charge in [0.05, 0.1) is 30.2 Å². The number of hydrogen-bond donors (Lipinski definition) is 6. The molecule has 94 heavy (non-hydrogen) atoms. The maximum absolute atomic E-state index is 15.4. The monoisotopic (exact) mass is 1260 g/mol. The maximum Gasteiger partial charge on any atom is 0.307 e. The molecule has 0 radical (unpaired) electrons. The molecule has 7 nitrogen and oxygen atoms in total. The molecule has 0 saturated heterocycles. The second kappa shape index (κ2) is 22.7. The van der Waals surface area contributed by atoms with Gasteiger partial charge in [-0.15, -0.1) is 0 Å². The number of rotatable bonds is 6. The van der Waals surface area contributed by atoms with Crippen molar-refractivity contribution in [2.45, 2.75) is 213 Å². The van der Waals surface area contributed by atoms with Gasteiger partial charge in [0, 0.05) is 46.1 Å². The molecule has 0 aromatic heterocycles.